The number of rotatable bonds is 8. The molecule has 1 heterocycles. The summed E-state index contributed by atoms with van der Waals surface area (Å²) in [4.78, 5) is 39.1. The Kier molecular flexibility index (Phi) is 8.37. The number of anilines is 2. The van der Waals surface area contributed by atoms with Crippen LogP contribution < -0.4 is 15.0 Å². The highest BCUT2D eigenvalue weighted by atomic mass is 35.5. The van der Waals surface area contributed by atoms with E-state index in [1.165, 1.54) is 0 Å². The third kappa shape index (κ3) is 6.34. The quantitative estimate of drug-likeness (QED) is 0.338. The summed E-state index contributed by atoms with van der Waals surface area (Å²) in [6, 6.07) is 18.5. The fourth-order valence-electron chi connectivity index (χ4n) is 4.33. The van der Waals surface area contributed by atoms with Gasteiger partial charge in [-0.15, -0.1) is 0 Å². The van der Waals surface area contributed by atoms with Crippen LogP contribution in [0.5, 0.6) is 11.5 Å². The number of halogens is 1. The van der Waals surface area contributed by atoms with Crippen LogP contribution >= 0.6 is 11.6 Å². The van der Waals surface area contributed by atoms with Gasteiger partial charge in [0.15, 0.2) is 6.61 Å². The molecule has 0 aliphatic carbocycles. The molecule has 0 radical (unpaired) electrons. The van der Waals surface area contributed by atoms with Crippen molar-refractivity contribution < 1.29 is 23.9 Å². The Morgan fingerprint density at radius 2 is 1.82 bits per heavy atom. The van der Waals surface area contributed by atoms with Gasteiger partial charge in [-0.3, -0.25) is 14.4 Å². The van der Waals surface area contributed by atoms with Gasteiger partial charge in [0.05, 0.1) is 5.92 Å². The Bertz CT molecular complexity index is 1350. The minimum atomic E-state index is -0.653. The zero-order valence-corrected chi connectivity index (χ0v) is 22.7. The second kappa shape index (κ2) is 11.7. The predicted molar refractivity (Wildman–Crippen MR) is 148 cm³/mol. The molecule has 2 amide bonds. The minimum Gasteiger partial charge on any atom is -0.457 e. The lowest BCUT2D eigenvalue weighted by molar-refractivity contribution is -0.151. The van der Waals surface area contributed by atoms with E-state index < -0.39 is 24.4 Å². The third-order valence-corrected chi connectivity index (χ3v) is 6.92. The van der Waals surface area contributed by atoms with Gasteiger partial charge < -0.3 is 19.7 Å². The normalized spacial score (nSPS) is 15.1. The number of hydrogen-bond acceptors (Lipinski definition) is 5. The summed E-state index contributed by atoms with van der Waals surface area (Å²) in [7, 11) is 0. The number of nitrogens with one attached hydrogen (secondary N) is 1. The van der Waals surface area contributed by atoms with Crippen molar-refractivity contribution in [2.24, 2.45) is 5.92 Å². The van der Waals surface area contributed by atoms with Crippen molar-refractivity contribution in [1.29, 1.82) is 0 Å². The number of benzene rings is 3. The van der Waals surface area contributed by atoms with E-state index in [2.05, 4.69) is 31.3 Å². The summed E-state index contributed by atoms with van der Waals surface area (Å²) >= 11 is 6.08. The van der Waals surface area contributed by atoms with Gasteiger partial charge in [-0.05, 0) is 78.9 Å². The largest absolute Gasteiger partial charge is 0.457 e. The monoisotopic (exact) mass is 534 g/mol. The molecule has 0 bridgehead atoms. The first-order chi connectivity index (χ1) is 18.1. The molecule has 1 fully saturated rings. The SMILES string of the molecule is Cc1ccc(C(C)C)c(Oc2ccc(N3C[C@@H](C(=O)OCC(=O)Nc4cccc(Cl)c4C)CC3=O)cc2)c1. The number of carbonyl (C=O) groups is 3. The van der Waals surface area contributed by atoms with Crippen LogP contribution in [0.1, 0.15) is 42.9 Å². The van der Waals surface area contributed by atoms with Crippen molar-refractivity contribution in [3.8, 4) is 11.5 Å². The first kappa shape index (κ1) is 27.2. The van der Waals surface area contributed by atoms with Crippen molar-refractivity contribution in [3.63, 3.8) is 0 Å². The summed E-state index contributed by atoms with van der Waals surface area (Å²) in [6.07, 6.45) is 0.0210. The topological polar surface area (TPSA) is 84.9 Å². The second-order valence-corrected chi connectivity index (χ2v) is 10.2. The highest BCUT2D eigenvalue weighted by Crippen LogP contribution is 2.33. The van der Waals surface area contributed by atoms with Crippen LogP contribution in [0.4, 0.5) is 11.4 Å². The van der Waals surface area contributed by atoms with E-state index in [0.717, 1.165) is 22.4 Å². The molecule has 0 unspecified atom stereocenters. The Morgan fingerprint density at radius 1 is 1.08 bits per heavy atom. The maximum Gasteiger partial charge on any atom is 0.311 e. The van der Waals surface area contributed by atoms with Crippen LogP contribution in [0, 0.1) is 19.8 Å². The van der Waals surface area contributed by atoms with Gasteiger partial charge in [-0.25, -0.2) is 0 Å². The summed E-state index contributed by atoms with van der Waals surface area (Å²) < 4.78 is 11.3. The lowest BCUT2D eigenvalue weighted by Gasteiger charge is -2.18. The fourth-order valence-corrected chi connectivity index (χ4v) is 4.50. The fraction of sp³-hybridized carbons (Fsp3) is 0.300. The average molecular weight is 535 g/mol. The van der Waals surface area contributed by atoms with Crippen molar-refractivity contribution in [2.45, 2.75) is 40.0 Å². The summed E-state index contributed by atoms with van der Waals surface area (Å²) in [6.45, 7) is 7.78. The molecule has 1 N–H and O–H groups in total. The van der Waals surface area contributed by atoms with Gasteiger partial charge in [0.2, 0.25) is 5.91 Å². The molecular weight excluding hydrogens is 504 g/mol. The molecule has 0 aromatic heterocycles. The molecule has 198 valence electrons. The first-order valence-electron chi connectivity index (χ1n) is 12.5. The van der Waals surface area contributed by atoms with Crippen LogP contribution in [0.3, 0.4) is 0 Å². The van der Waals surface area contributed by atoms with E-state index in [1.807, 2.05) is 25.1 Å². The van der Waals surface area contributed by atoms with E-state index in [1.54, 1.807) is 42.2 Å². The van der Waals surface area contributed by atoms with Crippen molar-refractivity contribution >= 4 is 40.8 Å². The molecule has 1 saturated heterocycles. The van der Waals surface area contributed by atoms with E-state index in [-0.39, 0.29) is 18.9 Å². The van der Waals surface area contributed by atoms with Crippen LogP contribution in [-0.2, 0) is 19.1 Å². The van der Waals surface area contributed by atoms with Crippen molar-refractivity contribution in [2.75, 3.05) is 23.4 Å². The van der Waals surface area contributed by atoms with Gasteiger partial charge in [0.1, 0.15) is 11.5 Å². The lowest BCUT2D eigenvalue weighted by Crippen LogP contribution is -2.28. The summed E-state index contributed by atoms with van der Waals surface area (Å²) in [5.74, 6) is -0.113. The lowest BCUT2D eigenvalue weighted by atomic mass is 10.0. The zero-order chi connectivity index (χ0) is 27.4. The van der Waals surface area contributed by atoms with Crippen molar-refractivity contribution in [1.82, 2.24) is 0 Å². The van der Waals surface area contributed by atoms with Gasteiger partial charge in [0, 0.05) is 29.4 Å². The maximum absolute atomic E-state index is 12.7. The van der Waals surface area contributed by atoms with E-state index in [9.17, 15) is 14.4 Å². The van der Waals surface area contributed by atoms with E-state index in [4.69, 9.17) is 21.1 Å². The van der Waals surface area contributed by atoms with Crippen LogP contribution in [0.2, 0.25) is 5.02 Å². The van der Waals surface area contributed by atoms with Crippen LogP contribution in [-0.4, -0.2) is 30.9 Å². The molecular formula is C30H31ClN2O5. The number of amides is 2. The molecule has 3 aromatic carbocycles. The molecule has 1 aliphatic rings. The zero-order valence-electron chi connectivity index (χ0n) is 21.9. The van der Waals surface area contributed by atoms with Crippen molar-refractivity contribution in [3.05, 3.63) is 82.4 Å². The molecule has 0 spiro atoms. The number of ether oxygens (including phenoxy) is 2. The number of hydrogen-bond donors (Lipinski definition) is 1. The summed E-state index contributed by atoms with van der Waals surface area (Å²) in [5, 5.41) is 3.21. The molecule has 1 atom stereocenters. The van der Waals surface area contributed by atoms with Gasteiger partial charge in [-0.1, -0.05) is 43.6 Å². The summed E-state index contributed by atoms with van der Waals surface area (Å²) in [5.41, 5.74) is 4.17. The standard InChI is InChI=1S/C30H31ClN2O5/c1-18(2)24-13-8-19(3)14-27(24)38-23-11-9-22(10-12-23)33-16-21(15-29(33)35)30(36)37-17-28(34)32-26-7-5-6-25(31)20(26)4/h5-14,18,21H,15-17H2,1-4H3,(H,32,34)/t21-/m0/s1. The number of nitrogens with zero attached hydrogens (tertiary/aromatic N) is 1. The number of esters is 1. The third-order valence-electron chi connectivity index (χ3n) is 6.51. The predicted octanol–water partition coefficient (Wildman–Crippen LogP) is 6.41. The van der Waals surface area contributed by atoms with Gasteiger partial charge in [-0.2, -0.15) is 0 Å². The number of aryl methyl sites for hydroxylation is 1. The highest BCUT2D eigenvalue weighted by Gasteiger charge is 2.36. The second-order valence-electron chi connectivity index (χ2n) is 9.77. The van der Waals surface area contributed by atoms with Gasteiger partial charge >= 0.3 is 5.97 Å². The van der Waals surface area contributed by atoms with E-state index >= 15 is 0 Å². The first-order valence-corrected chi connectivity index (χ1v) is 12.9. The molecule has 3 aromatic rings. The molecule has 1 aliphatic heterocycles. The van der Waals surface area contributed by atoms with Crippen LogP contribution in [0.25, 0.3) is 0 Å². The smallest absolute Gasteiger partial charge is 0.311 e. The Labute approximate surface area is 227 Å². The Morgan fingerprint density at radius 3 is 2.53 bits per heavy atom. The molecule has 7 nitrogen and oxygen atoms in total. The molecule has 8 heteroatoms. The molecule has 38 heavy (non-hydrogen) atoms. The number of carbonyl (C=O) groups excluding carboxylic acids is 3. The molecule has 0 saturated carbocycles. The Balaban J connectivity index is 1.33. The minimum absolute atomic E-state index is 0.0210. The molecule has 4 rings (SSSR count). The van der Waals surface area contributed by atoms with Crippen LogP contribution in [0.15, 0.2) is 60.7 Å². The Hall–Kier alpha value is -3.84. The highest BCUT2D eigenvalue weighted by molar-refractivity contribution is 6.31. The maximum atomic E-state index is 12.7. The van der Waals surface area contributed by atoms with Gasteiger partial charge in [0.25, 0.3) is 5.91 Å². The average Bonchev–Trinajstić information content (AvgIpc) is 3.27. The van der Waals surface area contributed by atoms with E-state index in [0.29, 0.717) is 28.1 Å².